The van der Waals surface area contributed by atoms with Gasteiger partial charge in [0.15, 0.2) is 0 Å². The largest absolute Gasteiger partial charge is 0.487 e. The van der Waals surface area contributed by atoms with Crippen molar-refractivity contribution in [2.75, 3.05) is 11.0 Å². The van der Waals surface area contributed by atoms with E-state index >= 15 is 0 Å². The molecule has 0 saturated carbocycles. The van der Waals surface area contributed by atoms with Crippen molar-refractivity contribution in [3.05, 3.63) is 56.0 Å². The average Bonchev–Trinajstić information content (AvgIpc) is 2.53. The average molecular weight is 521 g/mol. The molecule has 0 aliphatic heterocycles. The number of hydrogen-bond acceptors (Lipinski definition) is 4. The second kappa shape index (κ2) is 9.07. The highest BCUT2D eigenvalue weighted by molar-refractivity contribution is 9.11. The third-order valence-corrected chi connectivity index (χ3v) is 5.43. The minimum atomic E-state index is -3.36. The Kier molecular flexibility index (Phi) is 7.30. The van der Waals surface area contributed by atoms with Gasteiger partial charge in [0.2, 0.25) is 10.0 Å². The van der Waals surface area contributed by atoms with Crippen LogP contribution in [-0.4, -0.2) is 25.7 Å². The Bertz CT molecular complexity index is 937. The predicted octanol–water partition coefficient (Wildman–Crippen LogP) is 4.49. The standard InChI is InChI=1S/C18H19Br2NO5S/c1-11-3-4-13(9-16(11)21-27(2,24)25)10-26-18-14(19)7-12(8-15(18)20)5-6-17(22)23/h3-4,7-9,21H,5-6,10H2,1-2H3,(H,22,23). The maximum Gasteiger partial charge on any atom is 0.303 e. The minimum absolute atomic E-state index is 0.0541. The summed E-state index contributed by atoms with van der Waals surface area (Å²) in [5.74, 6) is -0.257. The molecule has 0 heterocycles. The number of carboxylic acids is 1. The molecule has 6 nitrogen and oxygen atoms in total. The van der Waals surface area contributed by atoms with E-state index in [9.17, 15) is 13.2 Å². The number of carboxylic acid groups (broad SMARTS) is 1. The number of ether oxygens (including phenoxy) is 1. The highest BCUT2D eigenvalue weighted by Crippen LogP contribution is 2.36. The van der Waals surface area contributed by atoms with Crippen LogP contribution < -0.4 is 9.46 Å². The number of halogens is 2. The van der Waals surface area contributed by atoms with Crippen molar-refractivity contribution >= 4 is 53.5 Å². The van der Waals surface area contributed by atoms with Crippen LogP contribution in [0.15, 0.2) is 39.3 Å². The van der Waals surface area contributed by atoms with Crippen molar-refractivity contribution in [1.82, 2.24) is 0 Å². The number of aliphatic carboxylic acids is 1. The lowest BCUT2D eigenvalue weighted by molar-refractivity contribution is -0.136. The molecule has 0 amide bonds. The normalized spacial score (nSPS) is 11.3. The summed E-state index contributed by atoms with van der Waals surface area (Å²) in [6, 6.07) is 9.08. The fraction of sp³-hybridized carbons (Fsp3) is 0.278. The van der Waals surface area contributed by atoms with Crippen molar-refractivity contribution in [1.29, 1.82) is 0 Å². The monoisotopic (exact) mass is 519 g/mol. The Morgan fingerprint density at radius 1 is 1.15 bits per heavy atom. The van der Waals surface area contributed by atoms with Gasteiger partial charge in [-0.05, 0) is 80.1 Å². The molecule has 146 valence electrons. The Balaban J connectivity index is 2.14. The molecule has 0 bridgehead atoms. The van der Waals surface area contributed by atoms with Crippen LogP contribution in [-0.2, 0) is 27.8 Å². The SMILES string of the molecule is Cc1ccc(COc2c(Br)cc(CCC(=O)O)cc2Br)cc1NS(C)(=O)=O. The van der Waals surface area contributed by atoms with Crippen LogP contribution in [0.25, 0.3) is 0 Å². The van der Waals surface area contributed by atoms with Gasteiger partial charge in [-0.2, -0.15) is 0 Å². The zero-order chi connectivity index (χ0) is 20.2. The van der Waals surface area contributed by atoms with E-state index in [0.29, 0.717) is 26.8 Å². The first-order chi connectivity index (χ1) is 12.5. The maximum atomic E-state index is 11.5. The van der Waals surface area contributed by atoms with Gasteiger partial charge in [0.05, 0.1) is 20.9 Å². The number of benzene rings is 2. The third-order valence-electron chi connectivity index (χ3n) is 3.67. The number of nitrogens with one attached hydrogen (secondary N) is 1. The van der Waals surface area contributed by atoms with E-state index in [1.54, 1.807) is 6.07 Å². The molecule has 2 aromatic rings. The van der Waals surface area contributed by atoms with Crippen LogP contribution in [0.3, 0.4) is 0 Å². The van der Waals surface area contributed by atoms with E-state index in [1.807, 2.05) is 31.2 Å². The van der Waals surface area contributed by atoms with Gasteiger partial charge < -0.3 is 9.84 Å². The van der Waals surface area contributed by atoms with Crippen molar-refractivity contribution in [3.63, 3.8) is 0 Å². The molecule has 0 saturated heterocycles. The molecule has 0 spiro atoms. The zero-order valence-electron chi connectivity index (χ0n) is 14.8. The lowest BCUT2D eigenvalue weighted by atomic mass is 10.1. The van der Waals surface area contributed by atoms with Crippen molar-refractivity contribution in [3.8, 4) is 5.75 Å². The van der Waals surface area contributed by atoms with Gasteiger partial charge in [0, 0.05) is 6.42 Å². The van der Waals surface area contributed by atoms with Crippen LogP contribution in [0.5, 0.6) is 5.75 Å². The predicted molar refractivity (Wildman–Crippen MR) is 112 cm³/mol. The summed E-state index contributed by atoms with van der Waals surface area (Å²) < 4.78 is 32.7. The Morgan fingerprint density at radius 3 is 2.33 bits per heavy atom. The molecule has 0 aliphatic carbocycles. The molecular formula is C18H19Br2NO5S. The van der Waals surface area contributed by atoms with E-state index in [4.69, 9.17) is 9.84 Å². The molecule has 0 aliphatic rings. The highest BCUT2D eigenvalue weighted by atomic mass is 79.9. The first kappa shape index (κ1) is 21.7. The molecular weight excluding hydrogens is 502 g/mol. The molecule has 0 atom stereocenters. The fourth-order valence-electron chi connectivity index (χ4n) is 2.37. The molecule has 2 N–H and O–H groups in total. The Hall–Kier alpha value is -1.58. The number of aryl methyl sites for hydroxylation is 2. The summed E-state index contributed by atoms with van der Waals surface area (Å²) in [5, 5.41) is 8.80. The maximum absolute atomic E-state index is 11.5. The van der Waals surface area contributed by atoms with Gasteiger partial charge in [-0.3, -0.25) is 9.52 Å². The van der Waals surface area contributed by atoms with Crippen molar-refractivity contribution < 1.29 is 23.1 Å². The summed E-state index contributed by atoms with van der Waals surface area (Å²) in [6.07, 6.45) is 1.58. The number of anilines is 1. The summed E-state index contributed by atoms with van der Waals surface area (Å²) in [4.78, 5) is 10.7. The lowest BCUT2D eigenvalue weighted by Crippen LogP contribution is -2.11. The quantitative estimate of drug-likeness (QED) is 0.535. The molecule has 0 fully saturated rings. The molecule has 0 unspecified atom stereocenters. The molecule has 2 aromatic carbocycles. The van der Waals surface area contributed by atoms with Gasteiger partial charge in [-0.15, -0.1) is 0 Å². The van der Waals surface area contributed by atoms with Gasteiger partial charge in [-0.1, -0.05) is 12.1 Å². The second-order valence-electron chi connectivity index (χ2n) is 6.09. The fourth-order valence-corrected chi connectivity index (χ4v) is 4.50. The van der Waals surface area contributed by atoms with Crippen LogP contribution >= 0.6 is 31.9 Å². The Labute approximate surface area is 175 Å². The molecule has 0 radical (unpaired) electrons. The number of sulfonamides is 1. The molecule has 0 aromatic heterocycles. The molecule has 2 rings (SSSR count). The first-order valence-electron chi connectivity index (χ1n) is 7.95. The second-order valence-corrected chi connectivity index (χ2v) is 9.55. The zero-order valence-corrected chi connectivity index (χ0v) is 18.7. The van der Waals surface area contributed by atoms with E-state index in [2.05, 4.69) is 36.6 Å². The van der Waals surface area contributed by atoms with Crippen LogP contribution in [0.1, 0.15) is 23.1 Å². The van der Waals surface area contributed by atoms with E-state index < -0.39 is 16.0 Å². The minimum Gasteiger partial charge on any atom is -0.487 e. The van der Waals surface area contributed by atoms with E-state index in [1.165, 1.54) is 0 Å². The van der Waals surface area contributed by atoms with Crippen LogP contribution in [0.4, 0.5) is 5.69 Å². The van der Waals surface area contributed by atoms with E-state index in [-0.39, 0.29) is 13.0 Å². The summed E-state index contributed by atoms with van der Waals surface area (Å²) in [5.41, 5.74) is 3.01. The summed E-state index contributed by atoms with van der Waals surface area (Å²) in [7, 11) is -3.36. The topological polar surface area (TPSA) is 92.7 Å². The van der Waals surface area contributed by atoms with Gasteiger partial charge in [0.25, 0.3) is 0 Å². The number of rotatable bonds is 8. The van der Waals surface area contributed by atoms with Crippen LogP contribution in [0.2, 0.25) is 0 Å². The van der Waals surface area contributed by atoms with Gasteiger partial charge >= 0.3 is 5.97 Å². The van der Waals surface area contributed by atoms with Gasteiger partial charge in [-0.25, -0.2) is 8.42 Å². The molecule has 27 heavy (non-hydrogen) atoms. The van der Waals surface area contributed by atoms with E-state index in [0.717, 1.165) is 22.9 Å². The first-order valence-corrected chi connectivity index (χ1v) is 11.4. The highest BCUT2D eigenvalue weighted by Gasteiger charge is 2.12. The van der Waals surface area contributed by atoms with Crippen molar-refractivity contribution in [2.45, 2.75) is 26.4 Å². The van der Waals surface area contributed by atoms with Gasteiger partial charge in [0.1, 0.15) is 12.4 Å². The number of carbonyl (C=O) groups is 1. The summed E-state index contributed by atoms with van der Waals surface area (Å²) >= 11 is 6.90. The Morgan fingerprint density at radius 2 is 1.78 bits per heavy atom. The van der Waals surface area contributed by atoms with Crippen LogP contribution in [0, 0.1) is 6.92 Å². The smallest absolute Gasteiger partial charge is 0.303 e. The third kappa shape index (κ3) is 6.82. The number of hydrogen-bond donors (Lipinski definition) is 2. The van der Waals surface area contributed by atoms with Crippen molar-refractivity contribution in [2.24, 2.45) is 0 Å². The molecule has 9 heteroatoms. The summed E-state index contributed by atoms with van der Waals surface area (Å²) in [6.45, 7) is 2.06. The lowest BCUT2D eigenvalue weighted by Gasteiger charge is -2.14.